The Labute approximate surface area is 110 Å². The van der Waals surface area contributed by atoms with E-state index in [0.29, 0.717) is 12.6 Å². The summed E-state index contributed by atoms with van der Waals surface area (Å²) in [5.74, 6) is -0.111. The summed E-state index contributed by atoms with van der Waals surface area (Å²) in [5, 5.41) is 3.40. The topological polar surface area (TPSA) is 15.3 Å². The van der Waals surface area contributed by atoms with Crippen molar-refractivity contribution >= 4 is 0 Å². The summed E-state index contributed by atoms with van der Waals surface area (Å²) < 4.78 is 13.5. The summed E-state index contributed by atoms with van der Waals surface area (Å²) in [7, 11) is 2.05. The van der Waals surface area contributed by atoms with E-state index in [2.05, 4.69) is 31.1 Å². The lowest BCUT2D eigenvalue weighted by Gasteiger charge is -2.25. The Bertz CT molecular complexity index is 341. The highest BCUT2D eigenvalue weighted by Gasteiger charge is 2.11. The van der Waals surface area contributed by atoms with Gasteiger partial charge in [-0.1, -0.05) is 25.1 Å². The molecule has 1 aromatic rings. The summed E-state index contributed by atoms with van der Waals surface area (Å²) in [6, 6.07) is 7.45. The smallest absolute Gasteiger partial charge is 0.127 e. The summed E-state index contributed by atoms with van der Waals surface area (Å²) >= 11 is 0. The van der Waals surface area contributed by atoms with Crippen LogP contribution in [0, 0.1) is 5.82 Å². The van der Waals surface area contributed by atoms with E-state index >= 15 is 0 Å². The van der Waals surface area contributed by atoms with Crippen LogP contribution < -0.4 is 5.32 Å². The highest BCUT2D eigenvalue weighted by Crippen LogP contribution is 2.11. The third-order valence-corrected chi connectivity index (χ3v) is 3.30. The number of nitrogens with one attached hydrogen (secondary N) is 1. The highest BCUT2D eigenvalue weighted by molar-refractivity contribution is 5.17. The Morgan fingerprint density at radius 1 is 1.28 bits per heavy atom. The van der Waals surface area contributed by atoms with E-state index in [1.165, 1.54) is 12.5 Å². The van der Waals surface area contributed by atoms with Gasteiger partial charge in [-0.25, -0.2) is 4.39 Å². The van der Waals surface area contributed by atoms with E-state index < -0.39 is 0 Å². The maximum Gasteiger partial charge on any atom is 0.127 e. The molecule has 2 nitrogen and oxygen atoms in total. The van der Waals surface area contributed by atoms with Crippen molar-refractivity contribution < 1.29 is 4.39 Å². The highest BCUT2D eigenvalue weighted by atomic mass is 19.1. The van der Waals surface area contributed by atoms with Crippen molar-refractivity contribution in [3.63, 3.8) is 0 Å². The van der Waals surface area contributed by atoms with Crippen molar-refractivity contribution in [3.05, 3.63) is 35.6 Å². The first kappa shape index (κ1) is 15.1. The van der Waals surface area contributed by atoms with Crippen LogP contribution in [-0.4, -0.2) is 31.1 Å². The van der Waals surface area contributed by atoms with Crippen molar-refractivity contribution in [1.82, 2.24) is 10.2 Å². The number of halogens is 1. The third kappa shape index (κ3) is 5.15. The zero-order valence-corrected chi connectivity index (χ0v) is 11.7. The fourth-order valence-electron chi connectivity index (χ4n) is 1.88. The molecule has 3 heteroatoms. The van der Waals surface area contributed by atoms with Crippen molar-refractivity contribution in [3.8, 4) is 0 Å². The Morgan fingerprint density at radius 2 is 2.00 bits per heavy atom. The van der Waals surface area contributed by atoms with Gasteiger partial charge < -0.3 is 5.32 Å². The standard InChI is InChI=1S/C15H25FN2/c1-4-10-17-11-9-13(2)18(3)12-14-7-5-6-8-15(14)16/h5-8,13,17H,4,9-12H2,1-3H3. The third-order valence-electron chi connectivity index (χ3n) is 3.30. The molecule has 1 unspecified atom stereocenters. The molecule has 1 rings (SSSR count). The number of rotatable bonds is 8. The van der Waals surface area contributed by atoms with Gasteiger partial charge in [-0.2, -0.15) is 0 Å². The molecule has 0 amide bonds. The Hall–Kier alpha value is -0.930. The maximum atomic E-state index is 13.5. The predicted octanol–water partition coefficient (Wildman–Crippen LogP) is 3.04. The van der Waals surface area contributed by atoms with E-state index in [4.69, 9.17) is 0 Å². The van der Waals surface area contributed by atoms with Crippen LogP contribution in [0.1, 0.15) is 32.3 Å². The second-order valence-corrected chi connectivity index (χ2v) is 4.89. The molecule has 1 atom stereocenters. The molecule has 0 aliphatic rings. The van der Waals surface area contributed by atoms with Crippen LogP contribution in [0.3, 0.4) is 0 Å². The lowest BCUT2D eigenvalue weighted by Crippen LogP contribution is -2.32. The van der Waals surface area contributed by atoms with Gasteiger partial charge in [0, 0.05) is 18.2 Å². The van der Waals surface area contributed by atoms with Gasteiger partial charge in [-0.3, -0.25) is 4.90 Å². The van der Waals surface area contributed by atoms with Crippen LogP contribution >= 0.6 is 0 Å². The molecule has 0 saturated carbocycles. The molecular weight excluding hydrogens is 227 g/mol. The maximum absolute atomic E-state index is 13.5. The van der Waals surface area contributed by atoms with Crippen molar-refractivity contribution in [2.75, 3.05) is 20.1 Å². The van der Waals surface area contributed by atoms with Crippen LogP contribution in [0.25, 0.3) is 0 Å². The van der Waals surface area contributed by atoms with Gasteiger partial charge in [-0.15, -0.1) is 0 Å². The van der Waals surface area contributed by atoms with Crippen molar-refractivity contribution in [1.29, 1.82) is 0 Å². The summed E-state index contributed by atoms with van der Waals surface area (Å²) in [4.78, 5) is 2.20. The quantitative estimate of drug-likeness (QED) is 0.715. The van der Waals surface area contributed by atoms with E-state index in [-0.39, 0.29) is 5.82 Å². The van der Waals surface area contributed by atoms with Gasteiger partial charge in [0.15, 0.2) is 0 Å². The Kier molecular flexibility index (Phi) is 6.91. The molecule has 1 aromatic carbocycles. The minimum atomic E-state index is -0.111. The van der Waals surface area contributed by atoms with Crippen LogP contribution in [-0.2, 0) is 6.54 Å². The molecule has 0 aromatic heterocycles. The number of hydrogen-bond donors (Lipinski definition) is 1. The average Bonchev–Trinajstić information content (AvgIpc) is 2.37. The molecule has 0 bridgehead atoms. The monoisotopic (exact) mass is 252 g/mol. The molecule has 18 heavy (non-hydrogen) atoms. The average molecular weight is 252 g/mol. The first-order chi connectivity index (χ1) is 8.65. The van der Waals surface area contributed by atoms with Gasteiger partial charge >= 0.3 is 0 Å². The minimum Gasteiger partial charge on any atom is -0.317 e. The van der Waals surface area contributed by atoms with Crippen LogP contribution in [0.2, 0.25) is 0 Å². The van der Waals surface area contributed by atoms with E-state index in [1.807, 2.05) is 12.1 Å². The molecule has 0 aliphatic carbocycles. The van der Waals surface area contributed by atoms with Gasteiger partial charge in [0.1, 0.15) is 5.82 Å². The lowest BCUT2D eigenvalue weighted by molar-refractivity contribution is 0.234. The second-order valence-electron chi connectivity index (χ2n) is 4.89. The van der Waals surface area contributed by atoms with Crippen molar-refractivity contribution in [2.45, 2.75) is 39.3 Å². The first-order valence-corrected chi connectivity index (χ1v) is 6.79. The SMILES string of the molecule is CCCNCCC(C)N(C)Cc1ccccc1F. The van der Waals surface area contributed by atoms with Crippen LogP contribution in [0.15, 0.2) is 24.3 Å². The summed E-state index contributed by atoms with van der Waals surface area (Å²) in [6.45, 7) is 7.12. The van der Waals surface area contributed by atoms with Gasteiger partial charge in [0.25, 0.3) is 0 Å². The molecular formula is C15H25FN2. The largest absolute Gasteiger partial charge is 0.317 e. The molecule has 0 spiro atoms. The normalized spacial score (nSPS) is 12.9. The van der Waals surface area contributed by atoms with Crippen molar-refractivity contribution in [2.24, 2.45) is 0 Å². The van der Waals surface area contributed by atoms with Gasteiger partial charge in [0.2, 0.25) is 0 Å². The van der Waals surface area contributed by atoms with E-state index in [9.17, 15) is 4.39 Å². The summed E-state index contributed by atoms with van der Waals surface area (Å²) in [6.07, 6.45) is 2.25. The second kappa shape index (κ2) is 8.22. The molecule has 1 N–H and O–H groups in total. The Morgan fingerprint density at radius 3 is 2.67 bits per heavy atom. The molecule has 102 valence electrons. The van der Waals surface area contributed by atoms with Crippen LogP contribution in [0.4, 0.5) is 4.39 Å². The fraction of sp³-hybridized carbons (Fsp3) is 0.600. The molecule has 0 heterocycles. The number of nitrogens with zero attached hydrogens (tertiary/aromatic N) is 1. The number of hydrogen-bond acceptors (Lipinski definition) is 2. The van der Waals surface area contributed by atoms with E-state index in [0.717, 1.165) is 25.1 Å². The zero-order valence-electron chi connectivity index (χ0n) is 11.7. The van der Waals surface area contributed by atoms with Gasteiger partial charge in [-0.05, 0) is 46.0 Å². The lowest BCUT2D eigenvalue weighted by atomic mass is 10.1. The predicted molar refractivity (Wildman–Crippen MR) is 75.1 cm³/mol. The molecule has 0 fully saturated rings. The van der Waals surface area contributed by atoms with Gasteiger partial charge in [0.05, 0.1) is 0 Å². The number of benzene rings is 1. The Balaban J connectivity index is 2.35. The van der Waals surface area contributed by atoms with Crippen LogP contribution in [0.5, 0.6) is 0 Å². The molecule has 0 aliphatic heterocycles. The molecule has 0 radical (unpaired) electrons. The summed E-state index contributed by atoms with van der Waals surface area (Å²) in [5.41, 5.74) is 0.772. The zero-order chi connectivity index (χ0) is 13.4. The first-order valence-electron chi connectivity index (χ1n) is 6.79. The van der Waals surface area contributed by atoms with E-state index in [1.54, 1.807) is 6.07 Å². The molecule has 0 saturated heterocycles. The minimum absolute atomic E-state index is 0.111. The fourth-order valence-corrected chi connectivity index (χ4v) is 1.88.